The van der Waals surface area contributed by atoms with Gasteiger partial charge in [0, 0.05) is 6.42 Å². The van der Waals surface area contributed by atoms with E-state index in [-0.39, 0.29) is 5.78 Å². The monoisotopic (exact) mass is 354 g/mol. The third-order valence-electron chi connectivity index (χ3n) is 9.90. The summed E-state index contributed by atoms with van der Waals surface area (Å²) in [6, 6.07) is 0. The van der Waals surface area contributed by atoms with Gasteiger partial charge in [-0.05, 0) is 111 Å². The number of ketones is 1. The lowest BCUT2D eigenvalue weighted by atomic mass is 9.45. The third kappa shape index (κ3) is 2.87. The number of hydrogen-bond acceptors (Lipinski definition) is 1. The molecule has 0 aromatic carbocycles. The van der Waals surface area contributed by atoms with E-state index in [1.807, 2.05) is 0 Å². The smallest absolute Gasteiger partial charge is 0.205 e. The molecule has 0 radical (unpaired) electrons. The molecule has 4 saturated carbocycles. The van der Waals surface area contributed by atoms with Crippen molar-refractivity contribution in [2.24, 2.45) is 40.4 Å². The van der Waals surface area contributed by atoms with Crippen LogP contribution in [0, 0.1) is 52.8 Å². The van der Waals surface area contributed by atoms with Crippen molar-refractivity contribution in [1.29, 1.82) is 0 Å². The first-order chi connectivity index (χ1) is 12.5. The van der Waals surface area contributed by atoms with Crippen molar-refractivity contribution in [2.45, 2.75) is 97.3 Å². The minimum absolute atomic E-state index is 0.00282. The van der Waals surface area contributed by atoms with Gasteiger partial charge in [0.25, 0.3) is 0 Å². The second kappa shape index (κ2) is 7.00. The average Bonchev–Trinajstić information content (AvgIpc) is 2.97. The number of fused-ring (bicyclic) bond motifs is 5. The highest BCUT2D eigenvalue weighted by molar-refractivity contribution is 5.94. The summed E-state index contributed by atoms with van der Waals surface area (Å²) in [4.78, 5) is 11.5. The van der Waals surface area contributed by atoms with Gasteiger partial charge in [-0.25, -0.2) is 0 Å². The molecule has 7 unspecified atom stereocenters. The van der Waals surface area contributed by atoms with E-state index in [4.69, 9.17) is 6.42 Å². The fourth-order valence-corrected chi connectivity index (χ4v) is 8.46. The van der Waals surface area contributed by atoms with Crippen molar-refractivity contribution in [3.05, 3.63) is 0 Å². The highest BCUT2D eigenvalue weighted by atomic mass is 16.1. The molecule has 7 atom stereocenters. The molecule has 4 aliphatic carbocycles. The molecule has 0 aromatic heterocycles. The number of rotatable bonds is 4. The van der Waals surface area contributed by atoms with Crippen molar-refractivity contribution >= 4 is 5.78 Å². The molecule has 4 aliphatic rings. The fourth-order valence-electron chi connectivity index (χ4n) is 8.46. The minimum atomic E-state index is -0.00282. The maximum absolute atomic E-state index is 11.5. The maximum Gasteiger partial charge on any atom is 0.205 e. The molecule has 0 aliphatic heterocycles. The standard InChI is InChI=1S/C25H38O/c1-4-20(26)10-7-9-19-12-14-22-21-13-11-18-8-5-6-16-24(18,2)23(21)15-17-25(19,22)3/h1,18-19,21-23H,5-17H2,2-3H3. The highest BCUT2D eigenvalue weighted by Gasteiger charge is 2.59. The van der Waals surface area contributed by atoms with Crippen LogP contribution in [0.4, 0.5) is 0 Å². The Bertz CT molecular complexity index is 585. The first-order valence-electron chi connectivity index (χ1n) is 11.5. The van der Waals surface area contributed by atoms with Gasteiger partial charge in [0.2, 0.25) is 5.78 Å². The van der Waals surface area contributed by atoms with Crippen LogP contribution in [0.5, 0.6) is 0 Å². The number of Topliss-reactive ketones (excluding diaryl/α,β-unsaturated/α-hetero) is 1. The van der Waals surface area contributed by atoms with Gasteiger partial charge in [-0.15, -0.1) is 6.42 Å². The number of carbonyl (C=O) groups is 1. The molecule has 4 fully saturated rings. The SMILES string of the molecule is C#CC(=O)CCCC1CCC2C3CCC4CCCCC4(C)C3CCC12C. The van der Waals surface area contributed by atoms with Crippen LogP contribution in [-0.2, 0) is 4.79 Å². The molecule has 0 bridgehead atoms. The summed E-state index contributed by atoms with van der Waals surface area (Å²) >= 11 is 0. The Morgan fingerprint density at radius 1 is 0.962 bits per heavy atom. The molecule has 0 aromatic rings. The van der Waals surface area contributed by atoms with E-state index in [1.54, 1.807) is 0 Å². The van der Waals surface area contributed by atoms with Crippen LogP contribution >= 0.6 is 0 Å². The van der Waals surface area contributed by atoms with Crippen LogP contribution in [0.25, 0.3) is 0 Å². The van der Waals surface area contributed by atoms with Crippen LogP contribution in [0.1, 0.15) is 97.3 Å². The molecule has 144 valence electrons. The summed E-state index contributed by atoms with van der Waals surface area (Å²) < 4.78 is 0. The summed E-state index contributed by atoms with van der Waals surface area (Å²) in [7, 11) is 0. The quantitative estimate of drug-likeness (QED) is 0.421. The molecular weight excluding hydrogens is 316 g/mol. The normalized spacial score (nSPS) is 47.3. The largest absolute Gasteiger partial charge is 0.285 e. The van der Waals surface area contributed by atoms with Crippen molar-refractivity contribution in [3.63, 3.8) is 0 Å². The Morgan fingerprint density at radius 3 is 2.58 bits per heavy atom. The minimum Gasteiger partial charge on any atom is -0.285 e. The van der Waals surface area contributed by atoms with Crippen LogP contribution in [-0.4, -0.2) is 5.78 Å². The van der Waals surface area contributed by atoms with Gasteiger partial charge < -0.3 is 0 Å². The van der Waals surface area contributed by atoms with Crippen molar-refractivity contribution in [1.82, 2.24) is 0 Å². The summed E-state index contributed by atoms with van der Waals surface area (Å²) in [6.07, 6.45) is 22.8. The Balaban J connectivity index is 1.46. The fraction of sp³-hybridized carbons (Fsp3) is 0.880. The van der Waals surface area contributed by atoms with Gasteiger partial charge in [-0.1, -0.05) is 26.7 Å². The van der Waals surface area contributed by atoms with E-state index in [0.717, 1.165) is 36.0 Å². The topological polar surface area (TPSA) is 17.1 Å². The van der Waals surface area contributed by atoms with E-state index in [1.165, 1.54) is 70.6 Å². The van der Waals surface area contributed by atoms with Gasteiger partial charge >= 0.3 is 0 Å². The molecule has 0 spiro atoms. The third-order valence-corrected chi connectivity index (χ3v) is 9.90. The molecule has 0 saturated heterocycles. The van der Waals surface area contributed by atoms with Crippen LogP contribution in [0.3, 0.4) is 0 Å². The number of carbonyl (C=O) groups excluding carboxylic acids is 1. The Kier molecular flexibility index (Phi) is 5.00. The summed E-state index contributed by atoms with van der Waals surface area (Å²) in [6.45, 7) is 5.29. The number of hydrogen-bond donors (Lipinski definition) is 0. The predicted molar refractivity (Wildman–Crippen MR) is 108 cm³/mol. The first kappa shape index (κ1) is 18.6. The Morgan fingerprint density at radius 2 is 1.77 bits per heavy atom. The van der Waals surface area contributed by atoms with Crippen molar-refractivity contribution in [2.75, 3.05) is 0 Å². The lowest BCUT2D eigenvalue weighted by Gasteiger charge is -2.60. The zero-order valence-corrected chi connectivity index (χ0v) is 17.1. The zero-order valence-electron chi connectivity index (χ0n) is 17.1. The molecule has 1 heteroatoms. The van der Waals surface area contributed by atoms with E-state index in [0.29, 0.717) is 17.3 Å². The van der Waals surface area contributed by atoms with E-state index in [2.05, 4.69) is 19.8 Å². The van der Waals surface area contributed by atoms with Crippen LogP contribution in [0.2, 0.25) is 0 Å². The first-order valence-corrected chi connectivity index (χ1v) is 11.5. The lowest BCUT2D eigenvalue weighted by molar-refractivity contribution is -0.115. The highest BCUT2D eigenvalue weighted by Crippen LogP contribution is 2.67. The molecular formula is C25H38O. The zero-order chi connectivity index (χ0) is 18.4. The molecule has 0 amide bonds. The Hall–Kier alpha value is -0.770. The summed E-state index contributed by atoms with van der Waals surface area (Å²) in [5.41, 5.74) is 1.19. The van der Waals surface area contributed by atoms with E-state index < -0.39 is 0 Å². The summed E-state index contributed by atoms with van der Waals surface area (Å²) in [5.74, 6) is 7.08. The molecule has 0 N–H and O–H groups in total. The van der Waals surface area contributed by atoms with Gasteiger partial charge in [0.15, 0.2) is 0 Å². The predicted octanol–water partition coefficient (Wildman–Crippen LogP) is 6.41. The van der Waals surface area contributed by atoms with E-state index in [9.17, 15) is 4.79 Å². The molecule has 26 heavy (non-hydrogen) atoms. The second-order valence-corrected chi connectivity index (χ2v) is 10.7. The maximum atomic E-state index is 11.5. The summed E-state index contributed by atoms with van der Waals surface area (Å²) in [5, 5.41) is 0. The lowest BCUT2D eigenvalue weighted by Crippen LogP contribution is -2.52. The van der Waals surface area contributed by atoms with Crippen molar-refractivity contribution < 1.29 is 4.79 Å². The van der Waals surface area contributed by atoms with Crippen molar-refractivity contribution in [3.8, 4) is 12.3 Å². The van der Waals surface area contributed by atoms with Gasteiger partial charge in [-0.2, -0.15) is 0 Å². The molecule has 0 heterocycles. The van der Waals surface area contributed by atoms with Gasteiger partial charge in [-0.3, -0.25) is 4.79 Å². The number of terminal acetylenes is 1. The Labute approximate surface area is 161 Å². The van der Waals surface area contributed by atoms with Crippen LogP contribution in [0.15, 0.2) is 0 Å². The van der Waals surface area contributed by atoms with Gasteiger partial charge in [0.1, 0.15) is 0 Å². The second-order valence-electron chi connectivity index (χ2n) is 10.7. The molecule has 1 nitrogen and oxygen atoms in total. The van der Waals surface area contributed by atoms with Crippen LogP contribution < -0.4 is 0 Å². The van der Waals surface area contributed by atoms with E-state index >= 15 is 0 Å². The van der Waals surface area contributed by atoms with Gasteiger partial charge in [0.05, 0.1) is 0 Å². The molecule has 4 rings (SSSR count). The average molecular weight is 355 g/mol.